The molecule has 0 spiro atoms. The van der Waals surface area contributed by atoms with E-state index in [-0.39, 0.29) is 11.9 Å². The van der Waals surface area contributed by atoms with Gasteiger partial charge < -0.3 is 5.73 Å². The summed E-state index contributed by atoms with van der Waals surface area (Å²) < 4.78 is 15.9. The van der Waals surface area contributed by atoms with Gasteiger partial charge in [0, 0.05) is 15.0 Å². The zero-order valence-corrected chi connectivity index (χ0v) is 14.6. The van der Waals surface area contributed by atoms with E-state index >= 15 is 0 Å². The number of halogens is 4. The van der Waals surface area contributed by atoms with Crippen LogP contribution in [0.4, 0.5) is 4.39 Å². The van der Waals surface area contributed by atoms with E-state index in [2.05, 4.69) is 47.8 Å². The fraction of sp³-hybridized carbons (Fsp3) is 0.143. The van der Waals surface area contributed by atoms with Crippen LogP contribution < -0.4 is 5.73 Å². The van der Waals surface area contributed by atoms with Crippen molar-refractivity contribution < 1.29 is 4.39 Å². The third-order valence-electron chi connectivity index (χ3n) is 2.83. The Morgan fingerprint density at radius 1 is 1.11 bits per heavy atom. The van der Waals surface area contributed by atoms with Crippen LogP contribution in [0.1, 0.15) is 17.2 Å². The molecule has 2 N–H and O–H groups in total. The molecule has 2 rings (SSSR count). The number of benzene rings is 2. The Hall–Kier alpha value is -0.230. The van der Waals surface area contributed by atoms with Crippen LogP contribution in [-0.4, -0.2) is 0 Å². The lowest BCUT2D eigenvalue weighted by atomic mass is 10.00. The number of hydrogen-bond donors (Lipinski definition) is 1. The predicted molar refractivity (Wildman–Crippen MR) is 86.6 cm³/mol. The molecule has 0 saturated heterocycles. The van der Waals surface area contributed by atoms with Crippen molar-refractivity contribution in [2.24, 2.45) is 5.73 Å². The first-order valence-corrected chi connectivity index (χ1v) is 8.00. The standard InChI is InChI=1S/C14H11Br3FN/c15-9-4-5-10(11(16)7-9)13(19)6-8-2-1-3-12(18)14(8)17/h1-5,7,13H,6,19H2. The monoisotopic (exact) mass is 449 g/mol. The highest BCUT2D eigenvalue weighted by Crippen LogP contribution is 2.30. The third kappa shape index (κ3) is 3.66. The number of nitrogens with two attached hydrogens (primary N) is 1. The molecule has 0 aliphatic rings. The largest absolute Gasteiger partial charge is 0.324 e. The summed E-state index contributed by atoms with van der Waals surface area (Å²) in [6, 6.07) is 10.7. The van der Waals surface area contributed by atoms with Gasteiger partial charge in [0.1, 0.15) is 5.82 Å². The highest BCUT2D eigenvalue weighted by atomic mass is 79.9. The molecule has 0 aliphatic carbocycles. The lowest BCUT2D eigenvalue weighted by Crippen LogP contribution is -2.14. The van der Waals surface area contributed by atoms with Gasteiger partial charge in [-0.1, -0.05) is 50.1 Å². The molecule has 0 amide bonds. The molecule has 1 atom stereocenters. The Balaban J connectivity index is 2.25. The second-order valence-corrected chi connectivity index (χ2v) is 6.75. The minimum atomic E-state index is -0.264. The van der Waals surface area contributed by atoms with Gasteiger partial charge >= 0.3 is 0 Å². The Labute approximate surface area is 136 Å². The van der Waals surface area contributed by atoms with E-state index in [4.69, 9.17) is 5.73 Å². The maximum absolute atomic E-state index is 13.5. The van der Waals surface area contributed by atoms with Crippen molar-refractivity contribution in [1.82, 2.24) is 0 Å². The molecule has 0 heterocycles. The molecule has 2 aromatic rings. The van der Waals surface area contributed by atoms with Gasteiger partial charge in [0.25, 0.3) is 0 Å². The van der Waals surface area contributed by atoms with E-state index in [1.165, 1.54) is 6.07 Å². The quantitative estimate of drug-likeness (QED) is 0.668. The summed E-state index contributed by atoms with van der Waals surface area (Å²) in [4.78, 5) is 0. The minimum Gasteiger partial charge on any atom is -0.324 e. The average molecular weight is 452 g/mol. The first-order valence-electron chi connectivity index (χ1n) is 5.62. The molecule has 0 radical (unpaired) electrons. The molecule has 0 aromatic heterocycles. The predicted octanol–water partition coefficient (Wildman–Crippen LogP) is 5.36. The molecule has 0 aliphatic heterocycles. The fourth-order valence-electron chi connectivity index (χ4n) is 1.86. The van der Waals surface area contributed by atoms with Crippen LogP contribution in [-0.2, 0) is 6.42 Å². The van der Waals surface area contributed by atoms with Crippen molar-refractivity contribution in [3.63, 3.8) is 0 Å². The summed E-state index contributed by atoms with van der Waals surface area (Å²) in [6.45, 7) is 0. The van der Waals surface area contributed by atoms with Crippen LogP contribution >= 0.6 is 47.8 Å². The summed E-state index contributed by atoms with van der Waals surface area (Å²) in [5.74, 6) is -0.264. The fourth-order valence-corrected chi connectivity index (χ4v) is 3.62. The highest BCUT2D eigenvalue weighted by molar-refractivity contribution is 9.11. The molecule has 0 bridgehead atoms. The third-order valence-corrected chi connectivity index (χ3v) is 4.90. The molecule has 1 nitrogen and oxygen atoms in total. The second kappa shape index (κ2) is 6.48. The van der Waals surface area contributed by atoms with Crippen molar-refractivity contribution in [2.45, 2.75) is 12.5 Å². The number of hydrogen-bond acceptors (Lipinski definition) is 1. The maximum Gasteiger partial charge on any atom is 0.137 e. The Morgan fingerprint density at radius 3 is 2.53 bits per heavy atom. The summed E-state index contributed by atoms with van der Waals surface area (Å²) in [5.41, 5.74) is 8.07. The van der Waals surface area contributed by atoms with Crippen LogP contribution in [0, 0.1) is 5.82 Å². The smallest absolute Gasteiger partial charge is 0.137 e. The number of rotatable bonds is 3. The SMILES string of the molecule is NC(Cc1cccc(F)c1Br)c1ccc(Br)cc1Br. The average Bonchev–Trinajstić information content (AvgIpc) is 2.34. The molecule has 100 valence electrons. The molecular formula is C14H11Br3FN. The molecule has 5 heteroatoms. The van der Waals surface area contributed by atoms with Gasteiger partial charge in [0.05, 0.1) is 4.47 Å². The highest BCUT2D eigenvalue weighted by Gasteiger charge is 2.14. The van der Waals surface area contributed by atoms with E-state index in [1.807, 2.05) is 24.3 Å². The van der Waals surface area contributed by atoms with Crippen LogP contribution in [0.25, 0.3) is 0 Å². The topological polar surface area (TPSA) is 26.0 Å². The van der Waals surface area contributed by atoms with Gasteiger partial charge in [-0.2, -0.15) is 0 Å². The van der Waals surface area contributed by atoms with Gasteiger partial charge in [-0.05, 0) is 51.7 Å². The first-order chi connectivity index (χ1) is 8.99. The van der Waals surface area contributed by atoms with E-state index in [0.717, 1.165) is 20.1 Å². The van der Waals surface area contributed by atoms with Crippen LogP contribution in [0.3, 0.4) is 0 Å². The van der Waals surface area contributed by atoms with Gasteiger partial charge in [0.2, 0.25) is 0 Å². The van der Waals surface area contributed by atoms with Gasteiger partial charge in [-0.25, -0.2) is 4.39 Å². The van der Waals surface area contributed by atoms with Gasteiger partial charge in [-0.3, -0.25) is 0 Å². The Bertz CT molecular complexity index is 601. The van der Waals surface area contributed by atoms with Gasteiger partial charge in [0.15, 0.2) is 0 Å². The van der Waals surface area contributed by atoms with E-state index in [1.54, 1.807) is 6.07 Å². The molecule has 0 fully saturated rings. The van der Waals surface area contributed by atoms with E-state index in [0.29, 0.717) is 10.9 Å². The first kappa shape index (κ1) is 15.2. The van der Waals surface area contributed by atoms with Crippen molar-refractivity contribution in [2.75, 3.05) is 0 Å². The molecule has 0 saturated carbocycles. The minimum absolute atomic E-state index is 0.194. The lowest BCUT2D eigenvalue weighted by molar-refractivity contribution is 0.614. The Kier molecular flexibility index (Phi) is 5.17. The second-order valence-electron chi connectivity index (χ2n) is 4.19. The van der Waals surface area contributed by atoms with Crippen molar-refractivity contribution in [3.05, 3.63) is 66.8 Å². The molecular weight excluding hydrogens is 441 g/mol. The zero-order valence-electron chi connectivity index (χ0n) is 9.84. The summed E-state index contributed by atoms with van der Waals surface area (Å²) in [7, 11) is 0. The summed E-state index contributed by atoms with van der Waals surface area (Å²) in [5, 5.41) is 0. The summed E-state index contributed by atoms with van der Waals surface area (Å²) in [6.07, 6.45) is 0.568. The van der Waals surface area contributed by atoms with Crippen LogP contribution in [0.5, 0.6) is 0 Å². The molecule has 2 aromatic carbocycles. The summed E-state index contributed by atoms with van der Waals surface area (Å²) >= 11 is 10.2. The maximum atomic E-state index is 13.5. The van der Waals surface area contributed by atoms with Gasteiger partial charge in [-0.15, -0.1) is 0 Å². The van der Waals surface area contributed by atoms with Crippen molar-refractivity contribution >= 4 is 47.8 Å². The lowest BCUT2D eigenvalue weighted by Gasteiger charge is -2.15. The Morgan fingerprint density at radius 2 is 1.84 bits per heavy atom. The van der Waals surface area contributed by atoms with E-state index < -0.39 is 0 Å². The van der Waals surface area contributed by atoms with Crippen LogP contribution in [0.15, 0.2) is 49.8 Å². The normalized spacial score (nSPS) is 12.5. The zero-order chi connectivity index (χ0) is 14.0. The van der Waals surface area contributed by atoms with Crippen molar-refractivity contribution in [3.8, 4) is 0 Å². The molecule has 19 heavy (non-hydrogen) atoms. The van der Waals surface area contributed by atoms with Crippen molar-refractivity contribution in [1.29, 1.82) is 0 Å². The van der Waals surface area contributed by atoms with Crippen LogP contribution in [0.2, 0.25) is 0 Å². The molecule has 1 unspecified atom stereocenters. The van der Waals surface area contributed by atoms with E-state index in [9.17, 15) is 4.39 Å².